The van der Waals surface area contributed by atoms with Gasteiger partial charge in [0.2, 0.25) is 0 Å². The molecule has 0 spiro atoms. The molecule has 0 aliphatic heterocycles. The highest BCUT2D eigenvalue weighted by Crippen LogP contribution is 2.50. The highest BCUT2D eigenvalue weighted by atomic mass is 16.2. The molecular formula is C16H16O2. The minimum atomic E-state index is -0.692. The van der Waals surface area contributed by atoms with Crippen molar-refractivity contribution in [3.63, 3.8) is 0 Å². The molecule has 0 heterocycles. The first-order valence-electron chi connectivity index (χ1n) is 6.52. The summed E-state index contributed by atoms with van der Waals surface area (Å²) < 4.78 is 0. The van der Waals surface area contributed by atoms with Gasteiger partial charge in [-0.05, 0) is 24.0 Å². The van der Waals surface area contributed by atoms with Gasteiger partial charge in [0.15, 0.2) is 5.78 Å². The zero-order valence-corrected chi connectivity index (χ0v) is 10.5. The third-order valence-corrected chi connectivity index (χ3v) is 4.47. The van der Waals surface area contributed by atoms with Gasteiger partial charge < -0.3 is 0 Å². The number of hydrogen-bond acceptors (Lipinski definition) is 2. The van der Waals surface area contributed by atoms with Crippen molar-refractivity contribution in [3.8, 4) is 0 Å². The Labute approximate surface area is 107 Å². The number of fused-ring (bicyclic) bond motifs is 2. The van der Waals surface area contributed by atoms with E-state index in [2.05, 4.69) is 6.08 Å². The summed E-state index contributed by atoms with van der Waals surface area (Å²) in [6.07, 6.45) is 3.73. The van der Waals surface area contributed by atoms with Crippen LogP contribution in [-0.2, 0) is 9.59 Å². The molecule has 0 N–H and O–H groups in total. The van der Waals surface area contributed by atoms with Crippen molar-refractivity contribution in [2.75, 3.05) is 0 Å². The molecule has 0 amide bonds. The predicted octanol–water partition coefficient (Wildman–Crippen LogP) is 3.03. The van der Waals surface area contributed by atoms with E-state index in [-0.39, 0.29) is 17.5 Å². The van der Waals surface area contributed by atoms with Gasteiger partial charge in [-0.3, -0.25) is 9.59 Å². The van der Waals surface area contributed by atoms with Crippen molar-refractivity contribution in [1.29, 1.82) is 0 Å². The van der Waals surface area contributed by atoms with Crippen LogP contribution in [0.25, 0.3) is 5.57 Å². The molecule has 2 unspecified atom stereocenters. The number of benzene rings is 1. The first-order valence-corrected chi connectivity index (χ1v) is 6.52. The van der Waals surface area contributed by atoms with Gasteiger partial charge in [0.25, 0.3) is 0 Å². The summed E-state index contributed by atoms with van der Waals surface area (Å²) in [5, 5.41) is 0. The van der Waals surface area contributed by atoms with E-state index >= 15 is 0 Å². The van der Waals surface area contributed by atoms with Gasteiger partial charge >= 0.3 is 0 Å². The maximum absolute atomic E-state index is 12.5. The molecule has 2 heteroatoms. The van der Waals surface area contributed by atoms with Crippen LogP contribution in [0.4, 0.5) is 0 Å². The number of Topliss-reactive ketones (excluding diaryl/α,β-unsaturated/α-hetero) is 2. The molecule has 2 aliphatic rings. The molecule has 1 aromatic rings. The van der Waals surface area contributed by atoms with Crippen molar-refractivity contribution in [3.05, 3.63) is 42.0 Å². The summed E-state index contributed by atoms with van der Waals surface area (Å²) in [5.74, 6) is 0.0899. The molecule has 92 valence electrons. The second-order valence-electron chi connectivity index (χ2n) is 5.21. The summed E-state index contributed by atoms with van der Waals surface area (Å²) in [6, 6.07) is 9.94. The number of hydrogen-bond donors (Lipinski definition) is 0. The fourth-order valence-corrected chi connectivity index (χ4v) is 3.30. The fraction of sp³-hybridized carbons (Fsp3) is 0.375. The van der Waals surface area contributed by atoms with Crippen LogP contribution in [0.15, 0.2) is 36.4 Å². The Hall–Kier alpha value is -1.70. The van der Waals surface area contributed by atoms with E-state index in [1.807, 2.05) is 37.3 Å². The smallest absolute Gasteiger partial charge is 0.154 e. The predicted molar refractivity (Wildman–Crippen MR) is 69.9 cm³/mol. The van der Waals surface area contributed by atoms with E-state index in [1.54, 1.807) is 0 Å². The fourth-order valence-electron chi connectivity index (χ4n) is 3.30. The van der Waals surface area contributed by atoms with E-state index in [0.29, 0.717) is 19.3 Å². The molecule has 0 aromatic heterocycles. The van der Waals surface area contributed by atoms with Gasteiger partial charge in [-0.25, -0.2) is 0 Å². The number of rotatable bonds is 2. The molecule has 1 aromatic carbocycles. The Morgan fingerprint density at radius 1 is 1.22 bits per heavy atom. The normalized spacial score (nSPS) is 30.5. The zero-order valence-electron chi connectivity index (χ0n) is 10.5. The standard InChI is InChI=1S/C16H16O2/c1-2-16-9-8-12(11-6-4-3-5-7-11)13(15(16)18)10-14(16)17/h3-8,13H,2,9-10H2,1H3. The van der Waals surface area contributed by atoms with E-state index in [1.165, 1.54) is 0 Å². The van der Waals surface area contributed by atoms with Crippen molar-refractivity contribution in [2.24, 2.45) is 11.3 Å². The van der Waals surface area contributed by atoms with Gasteiger partial charge in [0, 0.05) is 6.42 Å². The molecule has 3 rings (SSSR count). The minimum Gasteiger partial charge on any atom is -0.299 e. The quantitative estimate of drug-likeness (QED) is 0.745. The van der Waals surface area contributed by atoms with Crippen molar-refractivity contribution >= 4 is 17.1 Å². The lowest BCUT2D eigenvalue weighted by molar-refractivity contribution is -0.135. The third-order valence-electron chi connectivity index (χ3n) is 4.47. The molecule has 0 saturated heterocycles. The average molecular weight is 240 g/mol. The highest BCUT2D eigenvalue weighted by molar-refractivity contribution is 6.19. The molecule has 2 bridgehead atoms. The lowest BCUT2D eigenvalue weighted by Gasteiger charge is -2.28. The summed E-state index contributed by atoms with van der Waals surface area (Å²) in [5.41, 5.74) is 1.44. The average Bonchev–Trinajstić information content (AvgIpc) is 2.57. The van der Waals surface area contributed by atoms with E-state index in [4.69, 9.17) is 0 Å². The maximum Gasteiger partial charge on any atom is 0.154 e. The van der Waals surface area contributed by atoms with Crippen LogP contribution in [0.5, 0.6) is 0 Å². The van der Waals surface area contributed by atoms with Crippen LogP contribution in [0.3, 0.4) is 0 Å². The van der Waals surface area contributed by atoms with Gasteiger partial charge in [-0.2, -0.15) is 0 Å². The summed E-state index contributed by atoms with van der Waals surface area (Å²) >= 11 is 0. The first kappa shape index (κ1) is 11.4. The zero-order chi connectivity index (χ0) is 12.8. The van der Waals surface area contributed by atoms with E-state index < -0.39 is 5.41 Å². The third kappa shape index (κ3) is 1.35. The number of carbonyl (C=O) groups is 2. The van der Waals surface area contributed by atoms with Crippen LogP contribution < -0.4 is 0 Å². The van der Waals surface area contributed by atoms with Gasteiger partial charge in [0.1, 0.15) is 5.78 Å². The van der Waals surface area contributed by atoms with Crippen LogP contribution >= 0.6 is 0 Å². The summed E-state index contributed by atoms with van der Waals surface area (Å²) in [4.78, 5) is 24.6. The lowest BCUT2D eigenvalue weighted by Crippen LogP contribution is -2.35. The molecule has 1 fully saturated rings. The van der Waals surface area contributed by atoms with Crippen LogP contribution in [-0.4, -0.2) is 11.6 Å². The highest BCUT2D eigenvalue weighted by Gasteiger charge is 2.55. The van der Waals surface area contributed by atoms with Crippen LogP contribution in [0.2, 0.25) is 0 Å². The Kier molecular flexibility index (Phi) is 2.47. The van der Waals surface area contributed by atoms with Gasteiger partial charge in [-0.15, -0.1) is 0 Å². The number of ketones is 2. The lowest BCUT2D eigenvalue weighted by atomic mass is 9.72. The monoisotopic (exact) mass is 240 g/mol. The van der Waals surface area contributed by atoms with Gasteiger partial charge in [-0.1, -0.05) is 43.3 Å². The minimum absolute atomic E-state index is 0.141. The Morgan fingerprint density at radius 2 is 1.94 bits per heavy atom. The second-order valence-corrected chi connectivity index (χ2v) is 5.21. The SMILES string of the molecule is CCC12CC=C(c3ccccc3)C(CC1=O)C2=O. The Balaban J connectivity index is 2.06. The molecule has 2 nitrogen and oxygen atoms in total. The molecule has 2 atom stereocenters. The molecule has 1 saturated carbocycles. The van der Waals surface area contributed by atoms with E-state index in [9.17, 15) is 9.59 Å². The van der Waals surface area contributed by atoms with E-state index in [0.717, 1.165) is 11.1 Å². The molecule has 0 radical (unpaired) electrons. The number of carbonyl (C=O) groups excluding carboxylic acids is 2. The largest absolute Gasteiger partial charge is 0.299 e. The second kappa shape index (κ2) is 3.91. The van der Waals surface area contributed by atoms with Crippen molar-refractivity contribution < 1.29 is 9.59 Å². The summed E-state index contributed by atoms with van der Waals surface area (Å²) in [6.45, 7) is 1.94. The van der Waals surface area contributed by atoms with Crippen molar-refractivity contribution in [2.45, 2.75) is 26.2 Å². The first-order chi connectivity index (χ1) is 8.69. The Bertz CT molecular complexity index is 541. The number of allylic oxidation sites excluding steroid dienone is 2. The molecule has 2 aliphatic carbocycles. The topological polar surface area (TPSA) is 34.1 Å². The Morgan fingerprint density at radius 3 is 2.61 bits per heavy atom. The van der Waals surface area contributed by atoms with Crippen molar-refractivity contribution in [1.82, 2.24) is 0 Å². The molecular weight excluding hydrogens is 224 g/mol. The summed E-state index contributed by atoms with van der Waals surface area (Å²) in [7, 11) is 0. The maximum atomic E-state index is 12.5. The molecule has 18 heavy (non-hydrogen) atoms. The van der Waals surface area contributed by atoms with Crippen LogP contribution in [0.1, 0.15) is 31.7 Å². The van der Waals surface area contributed by atoms with Crippen LogP contribution in [0, 0.1) is 11.3 Å². The van der Waals surface area contributed by atoms with Gasteiger partial charge in [0.05, 0.1) is 11.3 Å².